The Bertz CT molecular complexity index is 197. The fourth-order valence-corrected chi connectivity index (χ4v) is 1.90. The molecule has 88 valence electrons. The molecule has 0 bridgehead atoms. The number of nitrogens with one attached hydrogen (secondary N) is 2. The molecule has 0 radical (unpaired) electrons. The average molecular weight is 214 g/mol. The lowest BCUT2D eigenvalue weighted by Crippen LogP contribution is -2.38. The molecule has 1 fully saturated rings. The minimum atomic E-state index is -0.219. The SMILES string of the molecule is CCCNC(=O)CCNC1CCCC1O. The van der Waals surface area contributed by atoms with Gasteiger partial charge in [-0.25, -0.2) is 0 Å². The van der Waals surface area contributed by atoms with Gasteiger partial charge in [0.25, 0.3) is 0 Å². The number of carbonyl (C=O) groups is 1. The van der Waals surface area contributed by atoms with E-state index in [4.69, 9.17) is 0 Å². The van der Waals surface area contributed by atoms with Gasteiger partial charge < -0.3 is 15.7 Å². The number of amides is 1. The van der Waals surface area contributed by atoms with Gasteiger partial charge in [-0.1, -0.05) is 6.92 Å². The Morgan fingerprint density at radius 3 is 2.80 bits per heavy atom. The fourth-order valence-electron chi connectivity index (χ4n) is 1.90. The highest BCUT2D eigenvalue weighted by Crippen LogP contribution is 2.18. The molecule has 4 nitrogen and oxygen atoms in total. The van der Waals surface area contributed by atoms with Crippen molar-refractivity contribution in [2.75, 3.05) is 13.1 Å². The Balaban J connectivity index is 2.02. The third kappa shape index (κ3) is 4.62. The van der Waals surface area contributed by atoms with E-state index in [1.165, 1.54) is 0 Å². The van der Waals surface area contributed by atoms with Crippen molar-refractivity contribution in [3.8, 4) is 0 Å². The lowest BCUT2D eigenvalue weighted by Gasteiger charge is -2.15. The summed E-state index contributed by atoms with van der Waals surface area (Å²) in [7, 11) is 0. The van der Waals surface area contributed by atoms with E-state index in [0.29, 0.717) is 13.0 Å². The Kier molecular flexibility index (Phi) is 5.65. The van der Waals surface area contributed by atoms with Gasteiger partial charge in [0.05, 0.1) is 6.10 Å². The first-order valence-electron chi connectivity index (χ1n) is 5.92. The third-order valence-corrected chi connectivity index (χ3v) is 2.81. The summed E-state index contributed by atoms with van der Waals surface area (Å²) < 4.78 is 0. The highest BCUT2D eigenvalue weighted by Gasteiger charge is 2.24. The summed E-state index contributed by atoms with van der Waals surface area (Å²) in [5, 5.41) is 15.6. The van der Waals surface area contributed by atoms with Gasteiger partial charge in [-0.15, -0.1) is 0 Å². The van der Waals surface area contributed by atoms with Gasteiger partial charge in [0, 0.05) is 25.6 Å². The van der Waals surface area contributed by atoms with Crippen molar-refractivity contribution in [1.82, 2.24) is 10.6 Å². The van der Waals surface area contributed by atoms with E-state index >= 15 is 0 Å². The maximum Gasteiger partial charge on any atom is 0.221 e. The average Bonchev–Trinajstić information content (AvgIpc) is 2.61. The zero-order valence-electron chi connectivity index (χ0n) is 9.46. The largest absolute Gasteiger partial charge is 0.392 e. The molecule has 1 aliphatic rings. The zero-order chi connectivity index (χ0) is 11.1. The van der Waals surface area contributed by atoms with Crippen LogP contribution in [0, 0.1) is 0 Å². The molecular weight excluding hydrogens is 192 g/mol. The normalized spacial score (nSPS) is 25.5. The van der Waals surface area contributed by atoms with Gasteiger partial charge >= 0.3 is 0 Å². The predicted octanol–water partition coefficient (Wildman–Crippen LogP) is 0.406. The number of aliphatic hydroxyl groups excluding tert-OH is 1. The van der Waals surface area contributed by atoms with Gasteiger partial charge in [-0.3, -0.25) is 4.79 Å². The van der Waals surface area contributed by atoms with Crippen molar-refractivity contribution in [2.24, 2.45) is 0 Å². The second-order valence-corrected chi connectivity index (χ2v) is 4.16. The molecule has 4 heteroatoms. The standard InChI is InChI=1S/C11H22N2O2/c1-2-7-13-11(15)6-8-12-9-4-3-5-10(9)14/h9-10,12,14H,2-8H2,1H3,(H,13,15). The molecule has 1 rings (SSSR count). The van der Waals surface area contributed by atoms with E-state index in [1.54, 1.807) is 0 Å². The Hall–Kier alpha value is -0.610. The van der Waals surface area contributed by atoms with Crippen molar-refractivity contribution in [1.29, 1.82) is 0 Å². The maximum absolute atomic E-state index is 11.2. The second kappa shape index (κ2) is 6.80. The molecule has 15 heavy (non-hydrogen) atoms. The summed E-state index contributed by atoms with van der Waals surface area (Å²) in [6.07, 6.45) is 4.26. The van der Waals surface area contributed by atoms with Gasteiger partial charge in [0.15, 0.2) is 0 Å². The Morgan fingerprint density at radius 2 is 2.20 bits per heavy atom. The molecule has 0 saturated heterocycles. The molecule has 1 aliphatic carbocycles. The van der Waals surface area contributed by atoms with Gasteiger partial charge in [-0.2, -0.15) is 0 Å². The predicted molar refractivity (Wildman–Crippen MR) is 59.6 cm³/mol. The lowest BCUT2D eigenvalue weighted by molar-refractivity contribution is -0.121. The number of aliphatic hydroxyl groups is 1. The third-order valence-electron chi connectivity index (χ3n) is 2.81. The first-order valence-corrected chi connectivity index (χ1v) is 5.92. The quantitative estimate of drug-likeness (QED) is 0.600. The summed E-state index contributed by atoms with van der Waals surface area (Å²) in [6.45, 7) is 3.45. The minimum Gasteiger partial charge on any atom is -0.392 e. The first kappa shape index (κ1) is 12.5. The van der Waals surface area contributed by atoms with Crippen molar-refractivity contribution in [3.05, 3.63) is 0 Å². The van der Waals surface area contributed by atoms with Crippen LogP contribution in [0.4, 0.5) is 0 Å². The van der Waals surface area contributed by atoms with Gasteiger partial charge in [0.2, 0.25) is 5.91 Å². The van der Waals surface area contributed by atoms with Crippen LogP contribution in [0.25, 0.3) is 0 Å². The molecule has 0 aliphatic heterocycles. The molecule has 0 aromatic heterocycles. The number of hydrogen-bond donors (Lipinski definition) is 3. The molecule has 1 saturated carbocycles. The summed E-state index contributed by atoms with van der Waals surface area (Å²) in [5.41, 5.74) is 0. The van der Waals surface area contributed by atoms with Crippen LogP contribution in [0.2, 0.25) is 0 Å². The molecule has 2 atom stereocenters. The van der Waals surface area contributed by atoms with Crippen LogP contribution >= 0.6 is 0 Å². The van der Waals surface area contributed by atoms with Gasteiger partial charge in [-0.05, 0) is 25.7 Å². The number of carbonyl (C=O) groups excluding carboxylic acids is 1. The monoisotopic (exact) mass is 214 g/mol. The van der Waals surface area contributed by atoms with E-state index in [0.717, 1.165) is 32.2 Å². The van der Waals surface area contributed by atoms with Crippen molar-refractivity contribution in [3.63, 3.8) is 0 Å². The Labute approximate surface area is 91.4 Å². The van der Waals surface area contributed by atoms with Crippen molar-refractivity contribution in [2.45, 2.75) is 51.2 Å². The molecule has 2 unspecified atom stereocenters. The van der Waals surface area contributed by atoms with E-state index in [-0.39, 0.29) is 18.1 Å². The Morgan fingerprint density at radius 1 is 1.40 bits per heavy atom. The molecule has 0 heterocycles. The van der Waals surface area contributed by atoms with Crippen LogP contribution in [0.3, 0.4) is 0 Å². The zero-order valence-corrected chi connectivity index (χ0v) is 9.46. The molecule has 0 spiro atoms. The van der Waals surface area contributed by atoms with E-state index in [9.17, 15) is 9.90 Å². The minimum absolute atomic E-state index is 0.0943. The summed E-state index contributed by atoms with van der Waals surface area (Å²) in [4.78, 5) is 11.2. The lowest BCUT2D eigenvalue weighted by atomic mass is 10.2. The number of hydrogen-bond acceptors (Lipinski definition) is 3. The summed E-state index contributed by atoms with van der Waals surface area (Å²) in [6, 6.07) is 0.198. The van der Waals surface area contributed by atoms with Crippen LogP contribution in [-0.4, -0.2) is 36.2 Å². The molecule has 1 amide bonds. The highest BCUT2D eigenvalue weighted by atomic mass is 16.3. The van der Waals surface area contributed by atoms with Crippen LogP contribution in [0.5, 0.6) is 0 Å². The molecule has 0 aromatic carbocycles. The second-order valence-electron chi connectivity index (χ2n) is 4.16. The summed E-state index contributed by atoms with van der Waals surface area (Å²) >= 11 is 0. The highest BCUT2D eigenvalue weighted by molar-refractivity contribution is 5.75. The molecule has 0 aromatic rings. The van der Waals surface area contributed by atoms with Crippen molar-refractivity contribution >= 4 is 5.91 Å². The molecule has 3 N–H and O–H groups in total. The molecular formula is C11H22N2O2. The van der Waals surface area contributed by atoms with Crippen LogP contribution in [-0.2, 0) is 4.79 Å². The van der Waals surface area contributed by atoms with Crippen LogP contribution < -0.4 is 10.6 Å². The van der Waals surface area contributed by atoms with E-state index in [1.807, 2.05) is 6.92 Å². The first-order chi connectivity index (χ1) is 7.24. The van der Waals surface area contributed by atoms with Crippen LogP contribution in [0.1, 0.15) is 39.0 Å². The van der Waals surface area contributed by atoms with Crippen LogP contribution in [0.15, 0.2) is 0 Å². The summed E-state index contributed by atoms with van der Waals surface area (Å²) in [5.74, 6) is 0.0943. The fraction of sp³-hybridized carbons (Fsp3) is 0.909. The number of rotatable bonds is 6. The smallest absolute Gasteiger partial charge is 0.221 e. The topological polar surface area (TPSA) is 61.4 Å². The van der Waals surface area contributed by atoms with E-state index < -0.39 is 0 Å². The van der Waals surface area contributed by atoms with Crippen molar-refractivity contribution < 1.29 is 9.90 Å². The maximum atomic E-state index is 11.2. The van der Waals surface area contributed by atoms with Gasteiger partial charge in [0.1, 0.15) is 0 Å². The van der Waals surface area contributed by atoms with E-state index in [2.05, 4.69) is 10.6 Å².